The molecule has 0 spiro atoms. The fraction of sp³-hybridized carbons (Fsp3) is 0.250. The van der Waals surface area contributed by atoms with Gasteiger partial charge in [-0.1, -0.05) is 24.3 Å². The fourth-order valence-corrected chi connectivity index (χ4v) is 3.55. The Bertz CT molecular complexity index is 1130. The molecule has 0 aliphatic carbocycles. The Balaban J connectivity index is 1.84. The number of aromatic nitrogens is 1. The Morgan fingerprint density at radius 3 is 2.31 bits per heavy atom. The van der Waals surface area contributed by atoms with Gasteiger partial charge in [-0.05, 0) is 56.7 Å². The summed E-state index contributed by atoms with van der Waals surface area (Å²) < 4.78 is 46.8. The maximum Gasteiger partial charge on any atom is 0.418 e. The second kappa shape index (κ2) is 9.30. The number of esters is 1. The van der Waals surface area contributed by atoms with Crippen LogP contribution in [-0.4, -0.2) is 23.1 Å². The molecule has 8 heteroatoms. The number of alkyl halides is 3. The van der Waals surface area contributed by atoms with E-state index in [1.807, 2.05) is 0 Å². The molecule has 0 fully saturated rings. The van der Waals surface area contributed by atoms with Crippen LogP contribution in [0.4, 0.5) is 18.9 Å². The van der Waals surface area contributed by atoms with E-state index in [9.17, 15) is 22.8 Å². The SMILES string of the molecule is CCOC(=O)Cc1ccc(NC(=O)c2cc(C)n(-c3ccccc3C(F)(F)F)c2C)cc1. The number of benzene rings is 2. The first-order valence-electron chi connectivity index (χ1n) is 10.0. The number of ether oxygens (including phenoxy) is 1. The molecule has 5 nitrogen and oxygen atoms in total. The highest BCUT2D eigenvalue weighted by atomic mass is 19.4. The van der Waals surface area contributed by atoms with Gasteiger partial charge in [-0.15, -0.1) is 0 Å². The number of nitrogens with one attached hydrogen (secondary N) is 1. The number of nitrogens with zero attached hydrogens (tertiary/aromatic N) is 1. The van der Waals surface area contributed by atoms with Gasteiger partial charge in [-0.2, -0.15) is 13.2 Å². The minimum atomic E-state index is -4.52. The third-order valence-electron chi connectivity index (χ3n) is 4.99. The van der Waals surface area contributed by atoms with Crippen molar-refractivity contribution in [2.45, 2.75) is 33.4 Å². The molecule has 0 radical (unpaired) electrons. The predicted molar refractivity (Wildman–Crippen MR) is 115 cm³/mol. The molecule has 0 saturated carbocycles. The molecule has 0 aliphatic heterocycles. The van der Waals surface area contributed by atoms with Crippen molar-refractivity contribution in [3.63, 3.8) is 0 Å². The van der Waals surface area contributed by atoms with E-state index < -0.39 is 17.6 Å². The van der Waals surface area contributed by atoms with E-state index in [2.05, 4.69) is 5.32 Å². The molecule has 2 aromatic carbocycles. The molecular formula is C24H23F3N2O3. The largest absolute Gasteiger partial charge is 0.466 e. The number of carbonyl (C=O) groups is 2. The molecule has 0 bridgehead atoms. The normalized spacial score (nSPS) is 11.3. The van der Waals surface area contributed by atoms with Gasteiger partial charge in [-0.3, -0.25) is 9.59 Å². The smallest absolute Gasteiger partial charge is 0.418 e. The van der Waals surface area contributed by atoms with Crippen molar-refractivity contribution in [2.75, 3.05) is 11.9 Å². The van der Waals surface area contributed by atoms with Gasteiger partial charge >= 0.3 is 12.1 Å². The summed E-state index contributed by atoms with van der Waals surface area (Å²) in [5.74, 6) is -0.775. The fourth-order valence-electron chi connectivity index (χ4n) is 3.55. The van der Waals surface area contributed by atoms with Crippen molar-refractivity contribution >= 4 is 17.6 Å². The van der Waals surface area contributed by atoms with E-state index in [1.54, 1.807) is 51.1 Å². The van der Waals surface area contributed by atoms with Crippen LogP contribution in [-0.2, 0) is 22.1 Å². The number of aryl methyl sites for hydroxylation is 1. The average molecular weight is 444 g/mol. The van der Waals surface area contributed by atoms with E-state index in [0.29, 0.717) is 23.7 Å². The maximum atomic E-state index is 13.5. The summed E-state index contributed by atoms with van der Waals surface area (Å²) in [6.45, 7) is 5.30. The molecule has 0 aliphatic rings. The molecule has 1 aromatic heterocycles. The van der Waals surface area contributed by atoms with Crippen LogP contribution < -0.4 is 5.32 Å². The Kier molecular flexibility index (Phi) is 6.72. The van der Waals surface area contributed by atoms with Gasteiger partial charge in [-0.25, -0.2) is 0 Å². The van der Waals surface area contributed by atoms with Crippen molar-refractivity contribution in [1.82, 2.24) is 4.57 Å². The molecule has 32 heavy (non-hydrogen) atoms. The first-order valence-corrected chi connectivity index (χ1v) is 10.0. The zero-order valence-corrected chi connectivity index (χ0v) is 17.9. The number of hydrogen-bond donors (Lipinski definition) is 1. The molecule has 1 N–H and O–H groups in total. The Morgan fingerprint density at radius 1 is 1.03 bits per heavy atom. The maximum absolute atomic E-state index is 13.5. The molecular weight excluding hydrogens is 421 g/mol. The zero-order chi connectivity index (χ0) is 23.5. The zero-order valence-electron chi connectivity index (χ0n) is 17.9. The standard InChI is InChI=1S/C24H23F3N2O3/c1-4-32-22(30)14-17-9-11-18(12-10-17)28-23(31)19-13-15(2)29(16(19)3)21-8-6-5-7-20(21)24(25,26)27/h5-13H,4,14H2,1-3H3,(H,28,31). The second-order valence-electron chi connectivity index (χ2n) is 7.27. The molecule has 0 saturated heterocycles. The van der Waals surface area contributed by atoms with Gasteiger partial charge in [0.05, 0.1) is 29.8 Å². The topological polar surface area (TPSA) is 60.3 Å². The van der Waals surface area contributed by atoms with Gasteiger partial charge in [0.1, 0.15) is 0 Å². The summed E-state index contributed by atoms with van der Waals surface area (Å²) in [5.41, 5.74) is 1.62. The Morgan fingerprint density at radius 2 is 1.69 bits per heavy atom. The molecule has 3 rings (SSSR count). The van der Waals surface area contributed by atoms with E-state index in [1.165, 1.54) is 22.8 Å². The lowest BCUT2D eigenvalue weighted by molar-refractivity contribution is -0.142. The predicted octanol–water partition coefficient (Wildman–Crippen LogP) is 5.47. The quantitative estimate of drug-likeness (QED) is 0.513. The molecule has 168 valence electrons. The number of carbonyl (C=O) groups excluding carboxylic acids is 2. The van der Waals surface area contributed by atoms with Gasteiger partial charge in [0.2, 0.25) is 0 Å². The average Bonchev–Trinajstić information content (AvgIpc) is 3.03. The second-order valence-corrected chi connectivity index (χ2v) is 7.27. The first-order chi connectivity index (χ1) is 15.1. The summed E-state index contributed by atoms with van der Waals surface area (Å²) in [6.07, 6.45) is -4.39. The minimum Gasteiger partial charge on any atom is -0.466 e. The third kappa shape index (κ3) is 5.01. The van der Waals surface area contributed by atoms with Crippen molar-refractivity contribution in [1.29, 1.82) is 0 Å². The molecule has 0 atom stereocenters. The molecule has 1 heterocycles. The van der Waals surface area contributed by atoms with E-state index in [-0.39, 0.29) is 23.6 Å². The highest BCUT2D eigenvalue weighted by Gasteiger charge is 2.34. The third-order valence-corrected chi connectivity index (χ3v) is 4.99. The van der Waals surface area contributed by atoms with Gasteiger partial charge in [0, 0.05) is 17.1 Å². The monoisotopic (exact) mass is 444 g/mol. The summed E-state index contributed by atoms with van der Waals surface area (Å²) in [4.78, 5) is 24.4. The highest BCUT2D eigenvalue weighted by Crippen LogP contribution is 2.35. The number of amides is 1. The molecule has 3 aromatic rings. The number of halogens is 3. The van der Waals surface area contributed by atoms with Gasteiger partial charge < -0.3 is 14.6 Å². The lowest BCUT2D eigenvalue weighted by atomic mass is 10.1. The van der Waals surface area contributed by atoms with Crippen LogP contribution >= 0.6 is 0 Å². The lowest BCUT2D eigenvalue weighted by Gasteiger charge is -2.16. The van der Waals surface area contributed by atoms with Crippen LogP contribution in [0.2, 0.25) is 0 Å². The van der Waals surface area contributed by atoms with Crippen LogP contribution in [0.3, 0.4) is 0 Å². The molecule has 0 unspecified atom stereocenters. The van der Waals surface area contributed by atoms with Gasteiger partial charge in [0.25, 0.3) is 5.91 Å². The van der Waals surface area contributed by atoms with Crippen molar-refractivity contribution in [2.24, 2.45) is 0 Å². The lowest BCUT2D eigenvalue weighted by Crippen LogP contribution is -2.15. The van der Waals surface area contributed by atoms with E-state index in [4.69, 9.17) is 4.74 Å². The van der Waals surface area contributed by atoms with Crippen LogP contribution in [0, 0.1) is 13.8 Å². The molecule has 1 amide bonds. The number of para-hydroxylation sites is 1. The van der Waals surface area contributed by atoms with Crippen LogP contribution in [0.15, 0.2) is 54.6 Å². The van der Waals surface area contributed by atoms with E-state index in [0.717, 1.165) is 11.6 Å². The Labute approximate surface area is 183 Å². The van der Waals surface area contributed by atoms with Gasteiger partial charge in [0.15, 0.2) is 0 Å². The summed E-state index contributed by atoms with van der Waals surface area (Å²) >= 11 is 0. The number of rotatable bonds is 6. The highest BCUT2D eigenvalue weighted by molar-refractivity contribution is 6.05. The minimum absolute atomic E-state index is 0.0302. The van der Waals surface area contributed by atoms with Crippen LogP contribution in [0.25, 0.3) is 5.69 Å². The van der Waals surface area contributed by atoms with Crippen molar-refractivity contribution in [3.8, 4) is 5.69 Å². The Hall–Kier alpha value is -3.55. The van der Waals surface area contributed by atoms with E-state index >= 15 is 0 Å². The van der Waals surface area contributed by atoms with Crippen LogP contribution in [0.5, 0.6) is 0 Å². The number of anilines is 1. The van der Waals surface area contributed by atoms with Crippen molar-refractivity contribution in [3.05, 3.63) is 82.7 Å². The number of hydrogen-bond acceptors (Lipinski definition) is 3. The first kappa shape index (κ1) is 23.1. The van der Waals surface area contributed by atoms with Crippen LogP contribution in [0.1, 0.15) is 39.8 Å². The summed E-state index contributed by atoms with van der Waals surface area (Å²) in [7, 11) is 0. The summed E-state index contributed by atoms with van der Waals surface area (Å²) in [5, 5.41) is 2.75. The van der Waals surface area contributed by atoms with Crippen molar-refractivity contribution < 1.29 is 27.5 Å². The summed E-state index contributed by atoms with van der Waals surface area (Å²) in [6, 6.07) is 13.5.